The summed E-state index contributed by atoms with van der Waals surface area (Å²) >= 11 is 0. The van der Waals surface area contributed by atoms with Crippen LogP contribution < -0.4 is 5.56 Å². The third-order valence-corrected chi connectivity index (χ3v) is 5.96. The van der Waals surface area contributed by atoms with Crippen LogP contribution in [0.3, 0.4) is 0 Å². The molecule has 4 rings (SSSR count). The van der Waals surface area contributed by atoms with E-state index >= 15 is 0 Å². The third kappa shape index (κ3) is 4.82. The van der Waals surface area contributed by atoms with Crippen LogP contribution in [0.4, 0.5) is 0 Å². The van der Waals surface area contributed by atoms with Crippen LogP contribution in [0.1, 0.15) is 34.8 Å². The second-order valence-electron chi connectivity index (χ2n) is 8.04. The van der Waals surface area contributed by atoms with Crippen molar-refractivity contribution in [2.24, 2.45) is 5.92 Å². The molecule has 1 unspecified atom stereocenters. The predicted octanol–water partition coefficient (Wildman–Crippen LogP) is 3.75. The molecule has 2 aromatic carbocycles. The summed E-state index contributed by atoms with van der Waals surface area (Å²) < 4.78 is 1.26. The Kier molecular flexibility index (Phi) is 6.41. The minimum absolute atomic E-state index is 0.305. The maximum absolute atomic E-state index is 13.5. The first-order valence-electron chi connectivity index (χ1n) is 10.7. The van der Waals surface area contributed by atoms with Crippen molar-refractivity contribution < 1.29 is 9.59 Å². The minimum Gasteiger partial charge on any atom is -0.340 e. The summed E-state index contributed by atoms with van der Waals surface area (Å²) in [5.41, 5.74) is 1.37. The number of amides is 1. The molecule has 2 heterocycles. The van der Waals surface area contributed by atoms with Gasteiger partial charge in [-0.1, -0.05) is 66.7 Å². The number of piperidine rings is 1. The molecule has 3 aromatic rings. The first-order chi connectivity index (χ1) is 15.1. The number of rotatable bonds is 6. The Bertz CT molecular complexity index is 1080. The van der Waals surface area contributed by atoms with Gasteiger partial charge in [-0.3, -0.25) is 19.0 Å². The molecule has 158 valence electrons. The summed E-state index contributed by atoms with van der Waals surface area (Å²) in [6.45, 7) is 1.19. The Balaban J connectivity index is 1.52. The predicted molar refractivity (Wildman–Crippen MR) is 120 cm³/mol. The van der Waals surface area contributed by atoms with Crippen LogP contribution in [-0.2, 0) is 11.2 Å². The number of hydrogen-bond acceptors (Lipinski definition) is 3. The topological polar surface area (TPSA) is 59.4 Å². The van der Waals surface area contributed by atoms with Gasteiger partial charge in [0.05, 0.1) is 0 Å². The maximum Gasteiger partial charge on any atom is 0.253 e. The van der Waals surface area contributed by atoms with E-state index in [4.69, 9.17) is 0 Å². The van der Waals surface area contributed by atoms with Crippen molar-refractivity contribution in [3.05, 3.63) is 107 Å². The van der Waals surface area contributed by atoms with Crippen molar-refractivity contribution in [2.75, 3.05) is 13.1 Å². The lowest BCUT2D eigenvalue weighted by atomic mass is 9.89. The van der Waals surface area contributed by atoms with E-state index in [1.165, 1.54) is 22.4 Å². The number of benzene rings is 2. The summed E-state index contributed by atoms with van der Waals surface area (Å²) in [5, 5.41) is 0. The molecule has 1 aromatic heterocycles. The Morgan fingerprint density at radius 2 is 1.45 bits per heavy atom. The molecule has 0 saturated carbocycles. The van der Waals surface area contributed by atoms with E-state index in [1.54, 1.807) is 41.3 Å². The number of pyridine rings is 1. The second kappa shape index (κ2) is 9.56. The van der Waals surface area contributed by atoms with E-state index in [0.717, 1.165) is 19.3 Å². The van der Waals surface area contributed by atoms with E-state index in [-0.39, 0.29) is 17.2 Å². The van der Waals surface area contributed by atoms with Crippen molar-refractivity contribution >= 4 is 11.7 Å². The fourth-order valence-electron chi connectivity index (χ4n) is 4.25. The van der Waals surface area contributed by atoms with Crippen LogP contribution >= 0.6 is 0 Å². The molecule has 5 nitrogen and oxygen atoms in total. The van der Waals surface area contributed by atoms with Gasteiger partial charge in [-0.05, 0) is 36.8 Å². The highest BCUT2D eigenvalue weighted by Crippen LogP contribution is 2.25. The average Bonchev–Trinajstić information content (AvgIpc) is 2.82. The fraction of sp³-hybridized carbons (Fsp3) is 0.269. The number of nitrogens with zero attached hydrogens (tertiary/aromatic N) is 2. The Hall–Kier alpha value is -3.47. The summed E-state index contributed by atoms with van der Waals surface area (Å²) in [5.74, 6) is -0.153. The van der Waals surface area contributed by atoms with Gasteiger partial charge in [-0.15, -0.1) is 0 Å². The molecule has 1 saturated heterocycles. The van der Waals surface area contributed by atoms with Crippen LogP contribution in [0.25, 0.3) is 0 Å². The zero-order chi connectivity index (χ0) is 21.6. The van der Waals surface area contributed by atoms with Gasteiger partial charge in [-0.25, -0.2) is 0 Å². The van der Waals surface area contributed by atoms with Crippen molar-refractivity contribution in [1.82, 2.24) is 9.47 Å². The van der Waals surface area contributed by atoms with E-state index in [2.05, 4.69) is 12.1 Å². The van der Waals surface area contributed by atoms with Crippen molar-refractivity contribution in [3.63, 3.8) is 0 Å². The molecular formula is C26H26N2O3. The van der Waals surface area contributed by atoms with Crippen LogP contribution in [0.5, 0.6) is 0 Å². The lowest BCUT2D eigenvalue weighted by Crippen LogP contribution is -2.46. The van der Waals surface area contributed by atoms with Crippen LogP contribution in [0, 0.1) is 5.92 Å². The van der Waals surface area contributed by atoms with Crippen LogP contribution in [-0.4, -0.2) is 34.2 Å². The molecule has 0 aliphatic carbocycles. The first kappa shape index (κ1) is 20.8. The van der Waals surface area contributed by atoms with Crippen LogP contribution in [0.15, 0.2) is 89.9 Å². The minimum atomic E-state index is -1.18. The highest BCUT2D eigenvalue weighted by molar-refractivity contribution is 6.11. The largest absolute Gasteiger partial charge is 0.340 e. The number of carbonyl (C=O) groups is 2. The van der Waals surface area contributed by atoms with Gasteiger partial charge >= 0.3 is 0 Å². The molecule has 0 N–H and O–H groups in total. The number of carbonyl (C=O) groups excluding carboxylic acids is 2. The summed E-state index contributed by atoms with van der Waals surface area (Å²) in [7, 11) is 0. The second-order valence-corrected chi connectivity index (χ2v) is 8.04. The Labute approximate surface area is 181 Å². The van der Waals surface area contributed by atoms with Gasteiger partial charge in [0.25, 0.3) is 11.5 Å². The molecule has 1 amide bonds. The number of ketones is 1. The highest BCUT2D eigenvalue weighted by Gasteiger charge is 2.35. The lowest BCUT2D eigenvalue weighted by Gasteiger charge is -2.34. The average molecular weight is 415 g/mol. The number of likely N-dealkylation sites (tertiary alicyclic amines) is 1. The molecule has 5 heteroatoms. The van der Waals surface area contributed by atoms with Gasteiger partial charge in [0.15, 0.2) is 11.8 Å². The summed E-state index contributed by atoms with van der Waals surface area (Å²) in [6.07, 6.45) is 4.29. The maximum atomic E-state index is 13.5. The fourth-order valence-corrected chi connectivity index (χ4v) is 4.25. The van der Waals surface area contributed by atoms with E-state index in [1.807, 2.05) is 24.3 Å². The molecular weight excluding hydrogens is 388 g/mol. The van der Waals surface area contributed by atoms with Crippen molar-refractivity contribution in [3.8, 4) is 0 Å². The van der Waals surface area contributed by atoms with E-state index in [9.17, 15) is 14.4 Å². The summed E-state index contributed by atoms with van der Waals surface area (Å²) in [4.78, 5) is 41.0. The molecule has 31 heavy (non-hydrogen) atoms. The van der Waals surface area contributed by atoms with E-state index < -0.39 is 6.04 Å². The van der Waals surface area contributed by atoms with Gasteiger partial charge in [-0.2, -0.15) is 0 Å². The monoisotopic (exact) mass is 414 g/mol. The molecule has 1 aliphatic rings. The van der Waals surface area contributed by atoms with Crippen molar-refractivity contribution in [1.29, 1.82) is 0 Å². The molecule has 0 radical (unpaired) electrons. The van der Waals surface area contributed by atoms with Gasteiger partial charge in [0.2, 0.25) is 0 Å². The van der Waals surface area contributed by atoms with Gasteiger partial charge < -0.3 is 4.90 Å². The van der Waals surface area contributed by atoms with Gasteiger partial charge in [0.1, 0.15) is 0 Å². The molecule has 0 bridgehead atoms. The standard InChI is InChI=1S/C26H26N2O3/c29-23-13-7-8-16-28(23)24(25(30)22-11-5-2-6-12-22)26(31)27-17-14-21(15-18-27)19-20-9-3-1-4-10-20/h1-13,16,21,24H,14-15,17-19H2. The summed E-state index contributed by atoms with van der Waals surface area (Å²) in [6, 6.07) is 22.6. The molecule has 1 fully saturated rings. The zero-order valence-corrected chi connectivity index (χ0v) is 17.4. The Morgan fingerprint density at radius 3 is 2.10 bits per heavy atom. The number of hydrogen-bond donors (Lipinski definition) is 0. The van der Waals surface area contributed by atoms with Crippen LogP contribution in [0.2, 0.25) is 0 Å². The van der Waals surface area contributed by atoms with E-state index in [0.29, 0.717) is 24.6 Å². The number of Topliss-reactive ketones (excluding diaryl/α,β-unsaturated/α-hetero) is 1. The smallest absolute Gasteiger partial charge is 0.253 e. The van der Waals surface area contributed by atoms with Gasteiger partial charge in [0, 0.05) is 30.9 Å². The SMILES string of the molecule is O=C(c1ccccc1)C(C(=O)N1CCC(Cc2ccccc2)CC1)n1ccccc1=O. The third-order valence-electron chi connectivity index (χ3n) is 5.96. The zero-order valence-electron chi connectivity index (χ0n) is 17.4. The molecule has 0 spiro atoms. The quantitative estimate of drug-likeness (QED) is 0.456. The highest BCUT2D eigenvalue weighted by atomic mass is 16.2. The lowest BCUT2D eigenvalue weighted by molar-refractivity contribution is -0.134. The molecule has 1 aliphatic heterocycles. The van der Waals surface area contributed by atoms with Crippen molar-refractivity contribution in [2.45, 2.75) is 25.3 Å². The molecule has 1 atom stereocenters. The first-order valence-corrected chi connectivity index (χ1v) is 10.7. The normalized spacial score (nSPS) is 15.4. The Morgan fingerprint density at radius 1 is 0.839 bits per heavy atom. The number of aromatic nitrogens is 1.